The first-order chi connectivity index (χ1) is 15.6. The van der Waals surface area contributed by atoms with E-state index in [1.54, 1.807) is 24.0 Å². The largest absolute Gasteiger partial charge is 0.481 e. The molecule has 32 heavy (non-hydrogen) atoms. The lowest BCUT2D eigenvalue weighted by Crippen LogP contribution is -2.55. The molecule has 166 valence electrons. The van der Waals surface area contributed by atoms with Crippen molar-refractivity contribution in [3.63, 3.8) is 0 Å². The molecule has 6 rings (SSSR count). The van der Waals surface area contributed by atoms with E-state index in [4.69, 9.17) is 19.2 Å². The predicted octanol–water partition coefficient (Wildman–Crippen LogP) is 1.99. The number of carbonyl (C=O) groups excluding carboxylic acids is 1. The van der Waals surface area contributed by atoms with Crippen molar-refractivity contribution < 1.29 is 19.0 Å². The van der Waals surface area contributed by atoms with Crippen LogP contribution < -0.4 is 9.64 Å². The highest BCUT2D eigenvalue weighted by molar-refractivity contribution is 5.80. The molecule has 1 amide bonds. The minimum Gasteiger partial charge on any atom is -0.481 e. The van der Waals surface area contributed by atoms with Crippen molar-refractivity contribution in [3.8, 4) is 17.0 Å². The molecule has 2 saturated heterocycles. The SMILES string of the molecule is COc1ncccc1-c1cnn2ccc(N3CCN(C(=O)OC4(C)COC4)C4CC43)nc12. The Bertz CT molecular complexity index is 1190. The van der Waals surface area contributed by atoms with Crippen molar-refractivity contribution in [2.24, 2.45) is 0 Å². The summed E-state index contributed by atoms with van der Waals surface area (Å²) in [6.45, 7) is 4.14. The van der Waals surface area contributed by atoms with E-state index in [2.05, 4.69) is 15.0 Å². The van der Waals surface area contributed by atoms with Crippen LogP contribution in [0.1, 0.15) is 13.3 Å². The Morgan fingerprint density at radius 1 is 1.22 bits per heavy atom. The van der Waals surface area contributed by atoms with Gasteiger partial charge in [0.25, 0.3) is 0 Å². The molecule has 1 aliphatic carbocycles. The second-order valence-electron chi connectivity index (χ2n) is 8.74. The topological polar surface area (TPSA) is 94.3 Å². The summed E-state index contributed by atoms with van der Waals surface area (Å²) < 4.78 is 18.1. The number of methoxy groups -OCH3 is 1. The van der Waals surface area contributed by atoms with E-state index in [-0.39, 0.29) is 18.2 Å². The number of pyridine rings is 1. The number of fused-ring (bicyclic) bond motifs is 2. The van der Waals surface area contributed by atoms with Gasteiger partial charge in [-0.05, 0) is 31.5 Å². The number of nitrogens with zero attached hydrogens (tertiary/aromatic N) is 6. The molecule has 1 saturated carbocycles. The van der Waals surface area contributed by atoms with Gasteiger partial charge in [-0.2, -0.15) is 5.10 Å². The van der Waals surface area contributed by atoms with Gasteiger partial charge < -0.3 is 24.0 Å². The minimum absolute atomic E-state index is 0.154. The number of piperazine rings is 1. The van der Waals surface area contributed by atoms with E-state index < -0.39 is 5.60 Å². The number of aromatic nitrogens is 4. The maximum Gasteiger partial charge on any atom is 0.410 e. The molecule has 0 spiro atoms. The average Bonchev–Trinajstić information content (AvgIpc) is 3.49. The smallest absolute Gasteiger partial charge is 0.410 e. The summed E-state index contributed by atoms with van der Waals surface area (Å²) in [4.78, 5) is 26.0. The molecular formula is C22H24N6O4. The van der Waals surface area contributed by atoms with Gasteiger partial charge in [-0.15, -0.1) is 0 Å². The molecule has 10 nitrogen and oxygen atoms in total. The number of rotatable bonds is 4. The number of amides is 1. The zero-order valence-corrected chi connectivity index (χ0v) is 18.0. The maximum absolute atomic E-state index is 12.7. The molecule has 0 N–H and O–H groups in total. The second-order valence-corrected chi connectivity index (χ2v) is 8.74. The first-order valence-corrected chi connectivity index (χ1v) is 10.7. The van der Waals surface area contributed by atoms with Crippen molar-refractivity contribution in [1.29, 1.82) is 0 Å². The average molecular weight is 436 g/mol. The lowest BCUT2D eigenvalue weighted by molar-refractivity contribution is -0.172. The summed E-state index contributed by atoms with van der Waals surface area (Å²) in [7, 11) is 1.60. The van der Waals surface area contributed by atoms with Crippen molar-refractivity contribution in [1.82, 2.24) is 24.5 Å². The maximum atomic E-state index is 12.7. The normalized spacial score (nSPS) is 23.4. The predicted molar refractivity (Wildman–Crippen MR) is 115 cm³/mol. The molecular weight excluding hydrogens is 412 g/mol. The van der Waals surface area contributed by atoms with Crippen LogP contribution in [0.5, 0.6) is 5.88 Å². The van der Waals surface area contributed by atoms with E-state index in [0.717, 1.165) is 29.0 Å². The first kappa shape index (κ1) is 19.3. The Hall–Kier alpha value is -3.40. The lowest BCUT2D eigenvalue weighted by atomic mass is 10.1. The molecule has 10 heteroatoms. The van der Waals surface area contributed by atoms with E-state index in [0.29, 0.717) is 32.2 Å². The van der Waals surface area contributed by atoms with Crippen LogP contribution in [0.25, 0.3) is 16.8 Å². The van der Waals surface area contributed by atoms with Crippen LogP contribution in [-0.2, 0) is 9.47 Å². The monoisotopic (exact) mass is 436 g/mol. The van der Waals surface area contributed by atoms with Crippen LogP contribution in [-0.4, -0.2) is 81.7 Å². The molecule has 3 aromatic heterocycles. The molecule has 2 atom stereocenters. The van der Waals surface area contributed by atoms with E-state index in [9.17, 15) is 4.79 Å². The summed E-state index contributed by atoms with van der Waals surface area (Å²) in [5.74, 6) is 1.41. The van der Waals surface area contributed by atoms with Gasteiger partial charge in [0.05, 0.1) is 44.2 Å². The number of hydrogen-bond acceptors (Lipinski definition) is 8. The third kappa shape index (κ3) is 3.05. The molecule has 3 fully saturated rings. The molecule has 0 radical (unpaired) electrons. The van der Waals surface area contributed by atoms with E-state index in [1.807, 2.05) is 36.2 Å². The van der Waals surface area contributed by atoms with Crippen molar-refractivity contribution in [2.75, 3.05) is 38.3 Å². The van der Waals surface area contributed by atoms with Gasteiger partial charge >= 0.3 is 6.09 Å². The van der Waals surface area contributed by atoms with Crippen LogP contribution in [0.4, 0.5) is 10.6 Å². The molecule has 2 unspecified atom stereocenters. The standard InChI is InChI=1S/C22H24N6O4/c1-22(12-31-13-22)32-21(29)27-9-8-26(16-10-17(16)27)18-5-7-28-19(25-18)15(11-24-28)14-4-3-6-23-20(14)30-2/h3-7,11,16-17H,8-10,12-13H2,1-2H3. The third-order valence-electron chi connectivity index (χ3n) is 6.39. The van der Waals surface area contributed by atoms with E-state index in [1.165, 1.54) is 0 Å². The fourth-order valence-corrected chi connectivity index (χ4v) is 4.58. The zero-order chi connectivity index (χ0) is 21.9. The molecule has 3 aromatic rings. The molecule has 0 aromatic carbocycles. The zero-order valence-electron chi connectivity index (χ0n) is 18.0. The fraction of sp³-hybridized carbons (Fsp3) is 0.455. The van der Waals surface area contributed by atoms with Gasteiger partial charge in [-0.25, -0.2) is 19.3 Å². The van der Waals surface area contributed by atoms with Crippen LogP contribution in [0.15, 0.2) is 36.8 Å². The highest BCUT2D eigenvalue weighted by atomic mass is 16.6. The Balaban J connectivity index is 1.24. The highest BCUT2D eigenvalue weighted by Crippen LogP contribution is 2.40. The Morgan fingerprint density at radius 3 is 2.88 bits per heavy atom. The highest BCUT2D eigenvalue weighted by Gasteiger charge is 2.53. The summed E-state index contributed by atoms with van der Waals surface area (Å²) in [5, 5.41) is 4.44. The minimum atomic E-state index is -0.489. The fourth-order valence-electron chi connectivity index (χ4n) is 4.58. The number of anilines is 1. The third-order valence-corrected chi connectivity index (χ3v) is 6.39. The van der Waals surface area contributed by atoms with Gasteiger partial charge in [0, 0.05) is 31.0 Å². The Labute approximate surface area is 184 Å². The van der Waals surface area contributed by atoms with Gasteiger partial charge in [-0.3, -0.25) is 0 Å². The summed E-state index contributed by atoms with van der Waals surface area (Å²) in [6, 6.07) is 6.19. The van der Waals surface area contributed by atoms with Gasteiger partial charge in [0.2, 0.25) is 5.88 Å². The molecule has 0 bridgehead atoms. The summed E-state index contributed by atoms with van der Waals surface area (Å²) in [5.41, 5.74) is 1.96. The second kappa shape index (κ2) is 7.06. The first-order valence-electron chi connectivity index (χ1n) is 10.7. The Morgan fingerprint density at radius 2 is 2.09 bits per heavy atom. The van der Waals surface area contributed by atoms with Gasteiger partial charge in [0.15, 0.2) is 11.2 Å². The van der Waals surface area contributed by atoms with Gasteiger partial charge in [-0.1, -0.05) is 0 Å². The molecule has 5 heterocycles. The van der Waals surface area contributed by atoms with Crippen LogP contribution in [0.3, 0.4) is 0 Å². The number of carbonyl (C=O) groups is 1. The van der Waals surface area contributed by atoms with Crippen molar-refractivity contribution >= 4 is 17.6 Å². The van der Waals surface area contributed by atoms with Crippen molar-refractivity contribution in [2.45, 2.75) is 31.0 Å². The van der Waals surface area contributed by atoms with Crippen LogP contribution >= 0.6 is 0 Å². The van der Waals surface area contributed by atoms with Gasteiger partial charge in [0.1, 0.15) is 5.82 Å². The molecule has 2 aliphatic heterocycles. The van der Waals surface area contributed by atoms with Crippen molar-refractivity contribution in [3.05, 3.63) is 36.8 Å². The van der Waals surface area contributed by atoms with Crippen LogP contribution in [0, 0.1) is 0 Å². The number of ether oxygens (including phenoxy) is 3. The van der Waals surface area contributed by atoms with E-state index >= 15 is 0 Å². The Kier molecular flexibility index (Phi) is 4.26. The molecule has 3 aliphatic rings. The quantitative estimate of drug-likeness (QED) is 0.613. The lowest BCUT2D eigenvalue weighted by Gasteiger charge is -2.40. The van der Waals surface area contributed by atoms with Crippen LogP contribution in [0.2, 0.25) is 0 Å². The summed E-state index contributed by atoms with van der Waals surface area (Å²) in [6.07, 6.45) is 6.07. The number of hydrogen-bond donors (Lipinski definition) is 0. The summed E-state index contributed by atoms with van der Waals surface area (Å²) >= 11 is 0.